The molecule has 0 aliphatic heterocycles. The van der Waals surface area contributed by atoms with E-state index in [1.54, 1.807) is 7.11 Å². The van der Waals surface area contributed by atoms with Gasteiger partial charge in [-0.05, 0) is 30.3 Å². The lowest BCUT2D eigenvalue weighted by Crippen LogP contribution is -2.24. The number of methoxy groups -OCH3 is 1. The number of hydrogen-bond acceptors (Lipinski definition) is 4. The molecule has 0 amide bonds. The van der Waals surface area contributed by atoms with E-state index in [2.05, 4.69) is 20.9 Å². The average Bonchev–Trinajstić information content (AvgIpc) is 2.69. The Morgan fingerprint density at radius 1 is 0.846 bits per heavy atom. The first-order valence-corrected chi connectivity index (χ1v) is 9.07. The van der Waals surface area contributed by atoms with E-state index >= 15 is 0 Å². The third-order valence-electron chi connectivity index (χ3n) is 4.09. The summed E-state index contributed by atoms with van der Waals surface area (Å²) in [7, 11) is 1.70. The highest BCUT2D eigenvalue weighted by Crippen LogP contribution is 2.21. The molecule has 0 atom stereocenters. The highest BCUT2D eigenvalue weighted by atomic mass is 35.5. The van der Waals surface area contributed by atoms with Gasteiger partial charge in [0.05, 0.1) is 30.1 Å². The van der Waals surface area contributed by atoms with E-state index in [9.17, 15) is 0 Å². The molecule has 0 unspecified atom stereocenters. The number of halogens is 1. The van der Waals surface area contributed by atoms with E-state index in [1.165, 1.54) is 0 Å². The number of ether oxygens (including phenoxy) is 1. The summed E-state index contributed by atoms with van der Waals surface area (Å²) < 4.78 is 5.51. The quantitative estimate of drug-likeness (QED) is 0.552. The summed E-state index contributed by atoms with van der Waals surface area (Å²) in [6, 6.07) is 20.0. The predicted molar refractivity (Wildman–Crippen MR) is 104 cm³/mol. The second-order valence-corrected chi connectivity index (χ2v) is 6.30. The third kappa shape index (κ3) is 5.04. The summed E-state index contributed by atoms with van der Waals surface area (Å²) in [5.41, 5.74) is 4.04. The Labute approximate surface area is 159 Å². The topological polar surface area (TPSA) is 38.2 Å². The fourth-order valence-corrected chi connectivity index (χ4v) is 3.03. The predicted octanol–water partition coefficient (Wildman–Crippen LogP) is 4.43. The number of para-hydroxylation sites is 1. The van der Waals surface area contributed by atoms with Crippen LogP contribution in [0.5, 0.6) is 5.75 Å². The van der Waals surface area contributed by atoms with Crippen molar-refractivity contribution < 1.29 is 4.74 Å². The molecule has 3 aromatic rings. The molecule has 1 aromatic carbocycles. The van der Waals surface area contributed by atoms with Crippen LogP contribution in [0.4, 0.5) is 0 Å². The Morgan fingerprint density at radius 2 is 1.58 bits per heavy atom. The molecule has 3 rings (SSSR count). The molecule has 134 valence electrons. The number of hydrogen-bond donors (Lipinski definition) is 0. The van der Waals surface area contributed by atoms with E-state index in [-0.39, 0.29) is 0 Å². The lowest BCUT2D eigenvalue weighted by atomic mass is 10.1. The lowest BCUT2D eigenvalue weighted by molar-refractivity contribution is 0.238. The van der Waals surface area contributed by atoms with Crippen LogP contribution in [-0.4, -0.2) is 22.0 Å². The van der Waals surface area contributed by atoms with Gasteiger partial charge in [-0.1, -0.05) is 30.3 Å². The molecule has 0 N–H and O–H groups in total. The Hall–Kier alpha value is -2.43. The van der Waals surface area contributed by atoms with E-state index in [4.69, 9.17) is 16.3 Å². The summed E-state index contributed by atoms with van der Waals surface area (Å²) in [5, 5.41) is 0. The van der Waals surface area contributed by atoms with E-state index < -0.39 is 0 Å². The number of pyridine rings is 2. The van der Waals surface area contributed by atoms with Crippen LogP contribution in [0, 0.1) is 0 Å². The van der Waals surface area contributed by atoms with Crippen LogP contribution in [0.3, 0.4) is 0 Å². The van der Waals surface area contributed by atoms with Gasteiger partial charge in [0.1, 0.15) is 5.75 Å². The van der Waals surface area contributed by atoms with Crippen molar-refractivity contribution >= 4 is 11.6 Å². The molecular weight excluding hydrogens is 346 g/mol. The Balaban J connectivity index is 1.83. The monoisotopic (exact) mass is 367 g/mol. The minimum atomic E-state index is 0.417. The number of benzene rings is 1. The van der Waals surface area contributed by atoms with Gasteiger partial charge in [0.2, 0.25) is 0 Å². The van der Waals surface area contributed by atoms with Crippen molar-refractivity contribution in [2.24, 2.45) is 0 Å². The zero-order chi connectivity index (χ0) is 18.2. The first kappa shape index (κ1) is 18.4. The van der Waals surface area contributed by atoms with Gasteiger partial charge < -0.3 is 4.74 Å². The standard InChI is InChI=1S/C21H22ClN3O/c1-26-21-11-3-2-7-17(21)14-25(15-19-8-4-5-12-23-19)16-20-10-6-9-18(13-22)24-20/h2-12H,13-16H2,1H3. The normalized spacial score (nSPS) is 10.9. The summed E-state index contributed by atoms with van der Waals surface area (Å²) in [6.07, 6.45) is 1.82. The second-order valence-electron chi connectivity index (χ2n) is 6.03. The summed E-state index contributed by atoms with van der Waals surface area (Å²) in [5.74, 6) is 1.31. The molecule has 26 heavy (non-hydrogen) atoms. The van der Waals surface area contributed by atoms with Crippen molar-refractivity contribution in [3.8, 4) is 5.75 Å². The molecular formula is C21H22ClN3O. The number of nitrogens with zero attached hydrogens (tertiary/aromatic N) is 3. The van der Waals surface area contributed by atoms with Crippen LogP contribution in [0.15, 0.2) is 66.9 Å². The second kappa shape index (κ2) is 9.32. The third-order valence-corrected chi connectivity index (χ3v) is 4.36. The van der Waals surface area contributed by atoms with Crippen LogP contribution in [0.25, 0.3) is 0 Å². The molecule has 0 saturated carbocycles. The molecule has 0 radical (unpaired) electrons. The Bertz CT molecular complexity index is 826. The fourth-order valence-electron chi connectivity index (χ4n) is 2.88. The maximum Gasteiger partial charge on any atom is 0.123 e. The van der Waals surface area contributed by atoms with Crippen molar-refractivity contribution in [2.45, 2.75) is 25.5 Å². The van der Waals surface area contributed by atoms with Crippen LogP contribution < -0.4 is 4.74 Å². The number of alkyl halides is 1. The highest BCUT2D eigenvalue weighted by molar-refractivity contribution is 6.16. The van der Waals surface area contributed by atoms with Gasteiger partial charge in [-0.3, -0.25) is 14.9 Å². The van der Waals surface area contributed by atoms with Gasteiger partial charge in [-0.2, -0.15) is 0 Å². The first-order valence-electron chi connectivity index (χ1n) is 8.53. The molecule has 4 nitrogen and oxygen atoms in total. The van der Waals surface area contributed by atoms with Crippen molar-refractivity contribution in [1.29, 1.82) is 0 Å². The van der Waals surface area contributed by atoms with Crippen molar-refractivity contribution in [3.05, 3.63) is 89.5 Å². The Morgan fingerprint density at radius 3 is 2.35 bits per heavy atom. The van der Waals surface area contributed by atoms with E-state index in [1.807, 2.05) is 60.8 Å². The number of aromatic nitrogens is 2. The molecule has 0 bridgehead atoms. The van der Waals surface area contributed by atoms with Crippen LogP contribution in [-0.2, 0) is 25.5 Å². The average molecular weight is 368 g/mol. The largest absolute Gasteiger partial charge is 0.496 e. The minimum Gasteiger partial charge on any atom is -0.496 e. The molecule has 2 heterocycles. The maximum absolute atomic E-state index is 5.93. The van der Waals surface area contributed by atoms with Crippen molar-refractivity contribution in [2.75, 3.05) is 7.11 Å². The van der Waals surface area contributed by atoms with Crippen LogP contribution >= 0.6 is 11.6 Å². The molecule has 0 spiro atoms. The van der Waals surface area contributed by atoms with Gasteiger partial charge in [-0.15, -0.1) is 11.6 Å². The van der Waals surface area contributed by atoms with Gasteiger partial charge in [-0.25, -0.2) is 0 Å². The zero-order valence-corrected chi connectivity index (χ0v) is 15.6. The smallest absolute Gasteiger partial charge is 0.123 e. The SMILES string of the molecule is COc1ccccc1CN(Cc1ccccn1)Cc1cccc(CCl)n1. The highest BCUT2D eigenvalue weighted by Gasteiger charge is 2.13. The summed E-state index contributed by atoms with van der Waals surface area (Å²) in [6.45, 7) is 2.18. The van der Waals surface area contributed by atoms with Gasteiger partial charge >= 0.3 is 0 Å². The molecule has 0 fully saturated rings. The number of rotatable bonds is 8. The summed E-state index contributed by atoms with van der Waals surface area (Å²) in [4.78, 5) is 11.4. The van der Waals surface area contributed by atoms with Gasteiger partial charge in [0.25, 0.3) is 0 Å². The molecule has 5 heteroatoms. The van der Waals surface area contributed by atoms with Crippen LogP contribution in [0.2, 0.25) is 0 Å². The molecule has 2 aromatic heterocycles. The van der Waals surface area contributed by atoms with Gasteiger partial charge in [0.15, 0.2) is 0 Å². The van der Waals surface area contributed by atoms with Crippen LogP contribution in [0.1, 0.15) is 22.6 Å². The summed E-state index contributed by atoms with van der Waals surface area (Å²) >= 11 is 5.93. The lowest BCUT2D eigenvalue weighted by Gasteiger charge is -2.23. The first-order chi connectivity index (χ1) is 12.8. The molecule has 0 saturated heterocycles. The van der Waals surface area contributed by atoms with Crippen molar-refractivity contribution in [1.82, 2.24) is 14.9 Å². The van der Waals surface area contributed by atoms with E-state index in [0.29, 0.717) is 12.4 Å². The Kier molecular flexibility index (Phi) is 6.58. The van der Waals surface area contributed by atoms with E-state index in [0.717, 1.165) is 41.5 Å². The molecule has 0 aliphatic rings. The fraction of sp³-hybridized carbons (Fsp3) is 0.238. The zero-order valence-electron chi connectivity index (χ0n) is 14.8. The minimum absolute atomic E-state index is 0.417. The van der Waals surface area contributed by atoms with Crippen molar-refractivity contribution in [3.63, 3.8) is 0 Å². The molecule has 0 aliphatic carbocycles. The van der Waals surface area contributed by atoms with Gasteiger partial charge in [0, 0.05) is 31.4 Å². The maximum atomic E-state index is 5.93.